The van der Waals surface area contributed by atoms with E-state index in [1.54, 1.807) is 0 Å². The highest BCUT2D eigenvalue weighted by atomic mass is 16.6. The van der Waals surface area contributed by atoms with Crippen LogP contribution in [-0.4, -0.2) is 24.6 Å². The highest BCUT2D eigenvalue weighted by Crippen LogP contribution is 2.15. The smallest absolute Gasteiger partial charge is 0.306 e. The molecule has 256 valence electrons. The summed E-state index contributed by atoms with van der Waals surface area (Å²) in [5.41, 5.74) is 0. The van der Waals surface area contributed by atoms with Gasteiger partial charge in [0.1, 0.15) is 12.7 Å². The Bertz CT molecular complexity index is 576. The molecule has 0 bridgehead atoms. The third-order valence-electron chi connectivity index (χ3n) is 8.78. The molecular formula is C39H76O4. The predicted molar refractivity (Wildman–Crippen MR) is 186 cm³/mol. The van der Waals surface area contributed by atoms with Crippen LogP contribution in [0.4, 0.5) is 0 Å². The molecule has 0 aliphatic rings. The summed E-state index contributed by atoms with van der Waals surface area (Å²) in [6, 6.07) is 0. The Morgan fingerprint density at radius 2 is 0.651 bits per heavy atom. The molecule has 0 radical (unpaired) electrons. The van der Waals surface area contributed by atoms with E-state index < -0.39 is 0 Å². The van der Waals surface area contributed by atoms with Crippen molar-refractivity contribution in [2.45, 2.75) is 232 Å². The van der Waals surface area contributed by atoms with Crippen molar-refractivity contribution in [1.29, 1.82) is 0 Å². The summed E-state index contributed by atoms with van der Waals surface area (Å²) in [4.78, 5) is 24.1. The van der Waals surface area contributed by atoms with Crippen molar-refractivity contribution in [3.8, 4) is 0 Å². The summed E-state index contributed by atoms with van der Waals surface area (Å²) < 4.78 is 10.8. The largest absolute Gasteiger partial charge is 0.462 e. The van der Waals surface area contributed by atoms with Gasteiger partial charge in [0.15, 0.2) is 0 Å². The second kappa shape index (κ2) is 35.4. The van der Waals surface area contributed by atoms with Crippen LogP contribution in [-0.2, 0) is 19.1 Å². The maximum absolute atomic E-state index is 12.1. The van der Waals surface area contributed by atoms with Gasteiger partial charge >= 0.3 is 11.9 Å². The van der Waals surface area contributed by atoms with Gasteiger partial charge in [-0.25, -0.2) is 0 Å². The molecule has 0 aromatic rings. The van der Waals surface area contributed by atoms with Gasteiger partial charge in [0, 0.05) is 12.8 Å². The van der Waals surface area contributed by atoms with Crippen LogP contribution in [0.15, 0.2) is 0 Å². The molecular weight excluding hydrogens is 532 g/mol. The lowest BCUT2D eigenvalue weighted by molar-refractivity contribution is -0.158. The Labute approximate surface area is 269 Å². The van der Waals surface area contributed by atoms with Gasteiger partial charge in [-0.3, -0.25) is 9.59 Å². The van der Waals surface area contributed by atoms with E-state index in [0.29, 0.717) is 12.8 Å². The maximum atomic E-state index is 12.1. The third-order valence-corrected chi connectivity index (χ3v) is 8.78. The number of rotatable bonds is 35. The van der Waals surface area contributed by atoms with Crippen molar-refractivity contribution < 1.29 is 19.1 Å². The lowest BCUT2D eigenvalue weighted by atomic mass is 10.0. The topological polar surface area (TPSA) is 52.6 Å². The quantitative estimate of drug-likeness (QED) is 0.0530. The summed E-state index contributed by atoms with van der Waals surface area (Å²) in [6.07, 6.45) is 40.1. The van der Waals surface area contributed by atoms with Crippen molar-refractivity contribution in [2.75, 3.05) is 6.61 Å². The van der Waals surface area contributed by atoms with Gasteiger partial charge in [-0.05, 0) is 19.8 Å². The fourth-order valence-corrected chi connectivity index (χ4v) is 5.88. The zero-order chi connectivity index (χ0) is 31.5. The van der Waals surface area contributed by atoms with E-state index in [0.717, 1.165) is 25.7 Å². The molecule has 0 aromatic carbocycles. The van der Waals surface area contributed by atoms with E-state index >= 15 is 0 Å². The first-order valence-electron chi connectivity index (χ1n) is 19.4. The standard InChI is InChI=1S/C39H76O4/c1-4-6-8-10-12-14-16-18-20-22-24-26-28-30-32-34-38(40)42-36-37(3)43-39(41)35-33-31-29-27-25-23-21-19-17-15-13-11-9-7-5-2/h37H,4-36H2,1-3H3/t37-/m1/s1. The molecule has 0 heterocycles. The normalized spacial score (nSPS) is 12.0. The highest BCUT2D eigenvalue weighted by molar-refractivity contribution is 5.70. The Kier molecular flexibility index (Phi) is 34.5. The fraction of sp³-hybridized carbons (Fsp3) is 0.949. The molecule has 0 aliphatic heterocycles. The Morgan fingerprint density at radius 1 is 0.395 bits per heavy atom. The summed E-state index contributed by atoms with van der Waals surface area (Å²) >= 11 is 0. The molecule has 0 unspecified atom stereocenters. The monoisotopic (exact) mass is 609 g/mol. The van der Waals surface area contributed by atoms with Crippen molar-refractivity contribution in [3.05, 3.63) is 0 Å². The molecule has 0 saturated carbocycles. The van der Waals surface area contributed by atoms with E-state index in [4.69, 9.17) is 9.47 Å². The number of hydrogen-bond donors (Lipinski definition) is 0. The van der Waals surface area contributed by atoms with Crippen LogP contribution in [0.2, 0.25) is 0 Å². The van der Waals surface area contributed by atoms with Crippen LogP contribution in [0.1, 0.15) is 226 Å². The first kappa shape index (κ1) is 41.9. The van der Waals surface area contributed by atoms with Crippen molar-refractivity contribution >= 4 is 11.9 Å². The minimum atomic E-state index is -0.367. The number of esters is 2. The number of unbranched alkanes of at least 4 members (excludes halogenated alkanes) is 28. The van der Waals surface area contributed by atoms with Crippen molar-refractivity contribution in [3.63, 3.8) is 0 Å². The minimum absolute atomic E-state index is 0.166. The molecule has 43 heavy (non-hydrogen) atoms. The van der Waals surface area contributed by atoms with Crippen molar-refractivity contribution in [2.24, 2.45) is 0 Å². The van der Waals surface area contributed by atoms with Gasteiger partial charge in [0.2, 0.25) is 0 Å². The number of hydrogen-bond acceptors (Lipinski definition) is 4. The average molecular weight is 609 g/mol. The molecule has 0 saturated heterocycles. The van der Waals surface area contributed by atoms with E-state index in [-0.39, 0.29) is 24.6 Å². The number of carbonyl (C=O) groups excluding carboxylic acids is 2. The molecule has 0 amide bonds. The third kappa shape index (κ3) is 35.3. The Balaban J connectivity index is 3.38. The highest BCUT2D eigenvalue weighted by Gasteiger charge is 2.12. The van der Waals surface area contributed by atoms with Crippen LogP contribution in [0, 0.1) is 0 Å². The lowest BCUT2D eigenvalue weighted by Gasteiger charge is -2.13. The van der Waals surface area contributed by atoms with Gasteiger partial charge in [0.25, 0.3) is 0 Å². The average Bonchev–Trinajstić information content (AvgIpc) is 3.00. The lowest BCUT2D eigenvalue weighted by Crippen LogP contribution is -2.22. The fourth-order valence-electron chi connectivity index (χ4n) is 5.88. The molecule has 0 fully saturated rings. The van der Waals surface area contributed by atoms with E-state index in [1.807, 2.05) is 6.92 Å². The van der Waals surface area contributed by atoms with Crippen LogP contribution < -0.4 is 0 Å². The molecule has 0 aliphatic carbocycles. The molecule has 4 nitrogen and oxygen atoms in total. The minimum Gasteiger partial charge on any atom is -0.462 e. The van der Waals surface area contributed by atoms with E-state index in [9.17, 15) is 9.59 Å². The van der Waals surface area contributed by atoms with Gasteiger partial charge in [-0.15, -0.1) is 0 Å². The van der Waals surface area contributed by atoms with Gasteiger partial charge < -0.3 is 9.47 Å². The van der Waals surface area contributed by atoms with Crippen LogP contribution in [0.3, 0.4) is 0 Å². The van der Waals surface area contributed by atoms with Gasteiger partial charge in [0.05, 0.1) is 0 Å². The summed E-state index contributed by atoms with van der Waals surface area (Å²) in [5.74, 6) is -0.333. The zero-order valence-electron chi connectivity index (χ0n) is 29.5. The van der Waals surface area contributed by atoms with E-state index in [2.05, 4.69) is 13.8 Å². The second-order valence-corrected chi connectivity index (χ2v) is 13.4. The van der Waals surface area contributed by atoms with Crippen molar-refractivity contribution in [1.82, 2.24) is 0 Å². The van der Waals surface area contributed by atoms with E-state index in [1.165, 1.54) is 167 Å². The molecule has 0 N–H and O–H groups in total. The first-order chi connectivity index (χ1) is 21.1. The number of ether oxygens (including phenoxy) is 2. The van der Waals surface area contributed by atoms with Crippen LogP contribution in [0.5, 0.6) is 0 Å². The molecule has 0 rings (SSSR count). The summed E-state index contributed by atoms with van der Waals surface area (Å²) in [7, 11) is 0. The summed E-state index contributed by atoms with van der Waals surface area (Å²) in [6.45, 7) is 6.53. The van der Waals surface area contributed by atoms with Gasteiger partial charge in [-0.2, -0.15) is 0 Å². The predicted octanol–water partition coefficient (Wildman–Crippen LogP) is 13.0. The second-order valence-electron chi connectivity index (χ2n) is 13.4. The first-order valence-corrected chi connectivity index (χ1v) is 19.4. The molecule has 4 heteroatoms. The Morgan fingerprint density at radius 3 is 0.953 bits per heavy atom. The molecule has 0 aromatic heterocycles. The molecule has 0 spiro atoms. The summed E-state index contributed by atoms with van der Waals surface area (Å²) in [5, 5.41) is 0. The maximum Gasteiger partial charge on any atom is 0.306 e. The van der Waals surface area contributed by atoms with Crippen LogP contribution >= 0.6 is 0 Å². The molecule has 1 atom stereocenters. The van der Waals surface area contributed by atoms with Gasteiger partial charge in [-0.1, -0.05) is 194 Å². The SMILES string of the molecule is CCCCCCCCCCCCCCCCCC(=O)OC[C@@H](C)OC(=O)CCCCCCCCCCCCCCCCC. The Hall–Kier alpha value is -1.06. The zero-order valence-corrected chi connectivity index (χ0v) is 29.5. The number of carbonyl (C=O) groups is 2. The van der Waals surface area contributed by atoms with Crippen LogP contribution in [0.25, 0.3) is 0 Å².